The third kappa shape index (κ3) is 1.06. The SMILES string of the molecule is CCc1c(C)n2nccc2[nH]c1=O. The van der Waals surface area contributed by atoms with Crippen molar-refractivity contribution < 1.29 is 0 Å². The third-order valence-electron chi connectivity index (χ3n) is 2.27. The van der Waals surface area contributed by atoms with Crippen LogP contribution in [0.4, 0.5) is 0 Å². The van der Waals surface area contributed by atoms with Gasteiger partial charge in [-0.05, 0) is 13.3 Å². The van der Waals surface area contributed by atoms with Crippen LogP contribution < -0.4 is 5.56 Å². The lowest BCUT2D eigenvalue weighted by Gasteiger charge is -2.03. The van der Waals surface area contributed by atoms with E-state index in [1.165, 1.54) is 0 Å². The molecule has 0 aliphatic carbocycles. The fourth-order valence-corrected chi connectivity index (χ4v) is 1.57. The summed E-state index contributed by atoms with van der Waals surface area (Å²) in [7, 11) is 0. The van der Waals surface area contributed by atoms with Crippen molar-refractivity contribution in [2.75, 3.05) is 0 Å². The van der Waals surface area contributed by atoms with Gasteiger partial charge in [0, 0.05) is 17.3 Å². The molecule has 0 radical (unpaired) electrons. The molecule has 0 unspecified atom stereocenters. The number of aromatic amines is 1. The predicted octanol–water partition coefficient (Wildman–Crippen LogP) is 0.893. The molecule has 2 aromatic rings. The van der Waals surface area contributed by atoms with E-state index in [0.29, 0.717) is 0 Å². The van der Waals surface area contributed by atoms with Gasteiger partial charge in [0.2, 0.25) is 0 Å². The smallest absolute Gasteiger partial charge is 0.254 e. The Hall–Kier alpha value is -1.58. The van der Waals surface area contributed by atoms with Gasteiger partial charge in [-0.2, -0.15) is 5.10 Å². The molecule has 4 nitrogen and oxygen atoms in total. The van der Waals surface area contributed by atoms with E-state index in [9.17, 15) is 4.79 Å². The number of hydrogen-bond donors (Lipinski definition) is 1. The maximum atomic E-state index is 11.5. The Morgan fingerprint density at radius 1 is 1.62 bits per heavy atom. The van der Waals surface area contributed by atoms with Gasteiger partial charge in [-0.1, -0.05) is 6.92 Å². The molecule has 0 aliphatic rings. The van der Waals surface area contributed by atoms with Crippen LogP contribution in [0.2, 0.25) is 0 Å². The maximum absolute atomic E-state index is 11.5. The molecule has 4 heteroatoms. The minimum Gasteiger partial charge on any atom is -0.307 e. The zero-order chi connectivity index (χ0) is 9.42. The standard InChI is InChI=1S/C9H11N3O/c1-3-7-6(2)12-8(4-5-10-12)11-9(7)13/h4-5H,3H2,1-2H3,(H,11,13). The Bertz CT molecular complexity index is 495. The number of fused-ring (bicyclic) bond motifs is 1. The van der Waals surface area contributed by atoms with Gasteiger partial charge in [0.05, 0.1) is 6.20 Å². The van der Waals surface area contributed by atoms with E-state index in [2.05, 4.69) is 10.1 Å². The second-order valence-corrected chi connectivity index (χ2v) is 3.00. The molecule has 0 atom stereocenters. The lowest BCUT2D eigenvalue weighted by Crippen LogP contribution is -2.17. The van der Waals surface area contributed by atoms with E-state index < -0.39 is 0 Å². The maximum Gasteiger partial charge on any atom is 0.254 e. The summed E-state index contributed by atoms with van der Waals surface area (Å²) >= 11 is 0. The Kier molecular flexibility index (Phi) is 1.69. The molecule has 1 N–H and O–H groups in total. The zero-order valence-corrected chi connectivity index (χ0v) is 7.66. The van der Waals surface area contributed by atoms with Crippen molar-refractivity contribution >= 4 is 5.65 Å². The second kappa shape index (κ2) is 2.73. The van der Waals surface area contributed by atoms with Crippen molar-refractivity contribution in [3.8, 4) is 0 Å². The first-order valence-corrected chi connectivity index (χ1v) is 4.29. The van der Waals surface area contributed by atoms with E-state index in [4.69, 9.17) is 0 Å². The monoisotopic (exact) mass is 177 g/mol. The highest BCUT2D eigenvalue weighted by Crippen LogP contribution is 2.04. The molecule has 0 saturated carbocycles. The van der Waals surface area contributed by atoms with Crippen molar-refractivity contribution in [2.45, 2.75) is 20.3 Å². The number of nitrogens with zero attached hydrogens (tertiary/aromatic N) is 2. The first-order chi connectivity index (χ1) is 6.24. The first kappa shape index (κ1) is 8.04. The summed E-state index contributed by atoms with van der Waals surface area (Å²) in [5.41, 5.74) is 2.47. The van der Waals surface area contributed by atoms with Crippen LogP contribution in [0, 0.1) is 6.92 Å². The minimum atomic E-state index is -0.00648. The molecule has 68 valence electrons. The Morgan fingerprint density at radius 2 is 2.38 bits per heavy atom. The van der Waals surface area contributed by atoms with Gasteiger partial charge < -0.3 is 4.98 Å². The molecule has 0 aliphatic heterocycles. The first-order valence-electron chi connectivity index (χ1n) is 4.29. The Labute approximate surface area is 75.2 Å². The molecule has 0 fully saturated rings. The molecular formula is C9H11N3O. The van der Waals surface area contributed by atoms with E-state index in [-0.39, 0.29) is 5.56 Å². The van der Waals surface area contributed by atoms with Crippen LogP contribution in [0.15, 0.2) is 17.1 Å². The number of hydrogen-bond acceptors (Lipinski definition) is 2. The summed E-state index contributed by atoms with van der Waals surface area (Å²) in [5.74, 6) is 0. The summed E-state index contributed by atoms with van der Waals surface area (Å²) in [6.45, 7) is 3.88. The van der Waals surface area contributed by atoms with Gasteiger partial charge >= 0.3 is 0 Å². The van der Waals surface area contributed by atoms with Gasteiger partial charge in [-0.3, -0.25) is 4.79 Å². The van der Waals surface area contributed by atoms with Gasteiger partial charge in [-0.25, -0.2) is 4.52 Å². The van der Waals surface area contributed by atoms with E-state index in [1.54, 1.807) is 16.8 Å². The topological polar surface area (TPSA) is 50.2 Å². The van der Waals surface area contributed by atoms with E-state index in [0.717, 1.165) is 23.3 Å². The van der Waals surface area contributed by atoms with E-state index >= 15 is 0 Å². The van der Waals surface area contributed by atoms with Crippen molar-refractivity contribution in [3.63, 3.8) is 0 Å². The fraction of sp³-hybridized carbons (Fsp3) is 0.333. The highest BCUT2D eigenvalue weighted by Gasteiger charge is 2.06. The fourth-order valence-electron chi connectivity index (χ4n) is 1.57. The average molecular weight is 177 g/mol. The predicted molar refractivity (Wildman–Crippen MR) is 49.9 cm³/mol. The summed E-state index contributed by atoms with van der Waals surface area (Å²) in [5, 5.41) is 4.11. The minimum absolute atomic E-state index is 0.00648. The van der Waals surface area contributed by atoms with Crippen molar-refractivity contribution in [3.05, 3.63) is 33.9 Å². The van der Waals surface area contributed by atoms with Crippen molar-refractivity contribution in [2.24, 2.45) is 0 Å². The number of H-pyrrole nitrogens is 1. The summed E-state index contributed by atoms with van der Waals surface area (Å²) in [6.07, 6.45) is 2.41. The molecule has 0 bridgehead atoms. The number of aryl methyl sites for hydroxylation is 1. The lowest BCUT2D eigenvalue weighted by molar-refractivity contribution is 0.851. The zero-order valence-electron chi connectivity index (χ0n) is 7.66. The molecule has 0 aromatic carbocycles. The molecule has 0 amide bonds. The Balaban J connectivity index is 2.93. The summed E-state index contributed by atoms with van der Waals surface area (Å²) in [6, 6.07) is 1.79. The van der Waals surface area contributed by atoms with Gasteiger partial charge in [0.15, 0.2) is 0 Å². The van der Waals surface area contributed by atoms with Crippen molar-refractivity contribution in [1.29, 1.82) is 0 Å². The average Bonchev–Trinajstić information content (AvgIpc) is 2.53. The van der Waals surface area contributed by atoms with E-state index in [1.807, 2.05) is 13.8 Å². The van der Waals surface area contributed by atoms with Gasteiger partial charge in [-0.15, -0.1) is 0 Å². The van der Waals surface area contributed by atoms with Crippen LogP contribution in [-0.4, -0.2) is 14.6 Å². The summed E-state index contributed by atoms with van der Waals surface area (Å²) in [4.78, 5) is 14.3. The number of rotatable bonds is 1. The molecule has 13 heavy (non-hydrogen) atoms. The quantitative estimate of drug-likeness (QED) is 0.703. The van der Waals surface area contributed by atoms with Crippen LogP contribution in [0.1, 0.15) is 18.2 Å². The highest BCUT2D eigenvalue weighted by molar-refractivity contribution is 5.38. The van der Waals surface area contributed by atoms with Crippen molar-refractivity contribution in [1.82, 2.24) is 14.6 Å². The number of aromatic nitrogens is 3. The second-order valence-electron chi connectivity index (χ2n) is 3.00. The van der Waals surface area contributed by atoms with Crippen LogP contribution in [0.5, 0.6) is 0 Å². The number of nitrogens with one attached hydrogen (secondary N) is 1. The van der Waals surface area contributed by atoms with Gasteiger partial charge in [0.1, 0.15) is 5.65 Å². The van der Waals surface area contributed by atoms with Crippen LogP contribution in [-0.2, 0) is 6.42 Å². The lowest BCUT2D eigenvalue weighted by atomic mass is 10.2. The Morgan fingerprint density at radius 3 is 3.08 bits per heavy atom. The highest BCUT2D eigenvalue weighted by atomic mass is 16.1. The summed E-state index contributed by atoms with van der Waals surface area (Å²) < 4.78 is 1.75. The normalized spacial score (nSPS) is 10.9. The van der Waals surface area contributed by atoms with Gasteiger partial charge in [0.25, 0.3) is 5.56 Å². The third-order valence-corrected chi connectivity index (χ3v) is 2.27. The largest absolute Gasteiger partial charge is 0.307 e. The molecule has 2 heterocycles. The molecule has 2 aromatic heterocycles. The molecule has 0 spiro atoms. The molecular weight excluding hydrogens is 166 g/mol. The van der Waals surface area contributed by atoms with Crippen LogP contribution in [0.3, 0.4) is 0 Å². The van der Waals surface area contributed by atoms with Crippen LogP contribution >= 0.6 is 0 Å². The van der Waals surface area contributed by atoms with Crippen LogP contribution in [0.25, 0.3) is 5.65 Å². The molecule has 2 rings (SSSR count). The molecule has 0 saturated heterocycles.